The highest BCUT2D eigenvalue weighted by molar-refractivity contribution is 9.09. The summed E-state index contributed by atoms with van der Waals surface area (Å²) in [5.41, 5.74) is 3.92. The lowest BCUT2D eigenvalue weighted by Gasteiger charge is -2.53. The van der Waals surface area contributed by atoms with E-state index in [1.54, 1.807) is 0 Å². The van der Waals surface area contributed by atoms with Crippen molar-refractivity contribution in [3.63, 3.8) is 0 Å². The van der Waals surface area contributed by atoms with Crippen LogP contribution < -0.4 is 9.64 Å². The Balaban J connectivity index is 1.65. The van der Waals surface area contributed by atoms with Gasteiger partial charge in [0.25, 0.3) is 0 Å². The van der Waals surface area contributed by atoms with Crippen LogP contribution in [0.2, 0.25) is 0 Å². The monoisotopic (exact) mass is 580 g/mol. The number of aliphatic imine (C=N–C) groups is 1. The van der Waals surface area contributed by atoms with Gasteiger partial charge in [0, 0.05) is 30.1 Å². The van der Waals surface area contributed by atoms with Crippen LogP contribution in [0.4, 0.5) is 11.4 Å². The molecule has 0 heterocycles. The summed E-state index contributed by atoms with van der Waals surface area (Å²) < 4.78 is 5.56. The molecule has 0 aliphatic heterocycles. The van der Waals surface area contributed by atoms with E-state index in [2.05, 4.69) is 86.6 Å². The first-order chi connectivity index (χ1) is 18.3. The molecular weight excluding hydrogens is 532 g/mol. The van der Waals surface area contributed by atoms with Gasteiger partial charge in [0.1, 0.15) is 11.3 Å². The Bertz CT molecular complexity index is 1000. The molecule has 38 heavy (non-hydrogen) atoms. The Morgan fingerprint density at radius 2 is 1.45 bits per heavy atom. The molecule has 4 rings (SSSR count). The summed E-state index contributed by atoms with van der Waals surface area (Å²) >= 11 is 3.33. The highest BCUT2D eigenvalue weighted by atomic mass is 79.9. The molecule has 0 N–H and O–H groups in total. The van der Waals surface area contributed by atoms with Crippen molar-refractivity contribution in [2.24, 2.45) is 40.5 Å². The Morgan fingerprint density at radius 1 is 0.868 bits per heavy atom. The Hall–Kier alpha value is -1.81. The third-order valence-corrected chi connectivity index (χ3v) is 9.51. The molecule has 2 aromatic rings. The van der Waals surface area contributed by atoms with Gasteiger partial charge < -0.3 is 9.64 Å². The van der Waals surface area contributed by atoms with E-state index in [0.29, 0.717) is 29.4 Å². The fourth-order valence-corrected chi connectivity index (χ4v) is 7.43. The molecule has 2 aromatic carbocycles. The van der Waals surface area contributed by atoms with E-state index in [1.165, 1.54) is 44.2 Å². The number of anilines is 1. The fraction of sp³-hybridized carbons (Fsp3) is 0.618. The van der Waals surface area contributed by atoms with Crippen molar-refractivity contribution < 1.29 is 4.74 Å². The molecule has 0 spiro atoms. The summed E-state index contributed by atoms with van der Waals surface area (Å²) in [6.45, 7) is 14.8. The second-order valence-corrected chi connectivity index (χ2v) is 13.3. The van der Waals surface area contributed by atoms with Gasteiger partial charge in [-0.25, -0.2) is 0 Å². The molecule has 3 nitrogen and oxygen atoms in total. The van der Waals surface area contributed by atoms with Gasteiger partial charge in [0.2, 0.25) is 0 Å². The van der Waals surface area contributed by atoms with Crippen LogP contribution in [0.5, 0.6) is 5.75 Å². The number of halogens is 1. The highest BCUT2D eigenvalue weighted by Crippen LogP contribution is 2.45. The van der Waals surface area contributed by atoms with Crippen molar-refractivity contribution in [3.05, 3.63) is 54.1 Å². The van der Waals surface area contributed by atoms with Crippen molar-refractivity contribution >= 4 is 33.5 Å². The topological polar surface area (TPSA) is 24.8 Å². The maximum Gasteiger partial charge on any atom is 0.143 e. The molecule has 0 saturated heterocycles. The maximum atomic E-state index is 5.56. The number of hydrogen-bond acceptors (Lipinski definition) is 3. The summed E-state index contributed by atoms with van der Waals surface area (Å²) in [7, 11) is 0. The van der Waals surface area contributed by atoms with E-state index in [-0.39, 0.29) is 0 Å². The minimum atomic E-state index is 0.479. The van der Waals surface area contributed by atoms with Gasteiger partial charge in [-0.05, 0) is 107 Å². The van der Waals surface area contributed by atoms with Crippen molar-refractivity contribution in [2.45, 2.75) is 92.2 Å². The minimum Gasteiger partial charge on any atom is -0.482 e. The van der Waals surface area contributed by atoms with E-state index in [4.69, 9.17) is 9.73 Å². The summed E-state index contributed by atoms with van der Waals surface area (Å²) in [5.74, 6) is 5.36. The SMILES string of the molecule is CC1CCC(C(C)C)C(N(c2ccc(/C=N/c3cccc(OCBr)c3)cc2)C2CC(C)CCC2C(C)C)C1. The largest absolute Gasteiger partial charge is 0.482 e. The molecule has 4 heteroatoms. The third kappa shape index (κ3) is 7.23. The zero-order valence-electron chi connectivity index (χ0n) is 24.4. The molecular formula is C34H49BrN2O. The van der Waals surface area contributed by atoms with Gasteiger partial charge >= 0.3 is 0 Å². The van der Waals surface area contributed by atoms with Gasteiger partial charge in [-0.15, -0.1) is 0 Å². The molecule has 0 bridgehead atoms. The minimum absolute atomic E-state index is 0.479. The zero-order valence-corrected chi connectivity index (χ0v) is 26.0. The van der Waals surface area contributed by atoms with Crippen molar-refractivity contribution in [1.82, 2.24) is 0 Å². The lowest BCUT2D eigenvalue weighted by molar-refractivity contribution is 0.136. The first-order valence-electron chi connectivity index (χ1n) is 15.0. The van der Waals surface area contributed by atoms with E-state index in [0.717, 1.165) is 40.7 Å². The van der Waals surface area contributed by atoms with Crippen LogP contribution in [0, 0.1) is 35.5 Å². The molecule has 0 aromatic heterocycles. The number of benzene rings is 2. The van der Waals surface area contributed by atoms with E-state index in [9.17, 15) is 0 Å². The van der Waals surface area contributed by atoms with Crippen LogP contribution in [0.25, 0.3) is 0 Å². The van der Waals surface area contributed by atoms with Crippen molar-refractivity contribution in [2.75, 3.05) is 10.4 Å². The number of rotatable bonds is 9. The Labute approximate surface area is 240 Å². The first kappa shape index (κ1) is 29.2. The van der Waals surface area contributed by atoms with Crippen molar-refractivity contribution in [1.29, 1.82) is 0 Å². The standard InChI is InChI=1S/C34H49BrN2O/c1-23(2)31-16-10-25(5)18-33(31)37(34-19-26(6)11-17-32(34)24(3)4)29-14-12-27(13-15-29)21-36-28-8-7-9-30(20-28)38-22-35/h7-9,12-15,20-21,23-26,31-34H,10-11,16-19,22H2,1-6H3/b36-21+. The van der Waals surface area contributed by atoms with Crippen molar-refractivity contribution in [3.8, 4) is 5.75 Å². The van der Waals surface area contributed by atoms with Gasteiger partial charge in [0.15, 0.2) is 0 Å². The molecule has 0 radical (unpaired) electrons. The number of ether oxygens (including phenoxy) is 1. The third-order valence-electron chi connectivity index (χ3n) is 9.28. The predicted octanol–water partition coefficient (Wildman–Crippen LogP) is 9.90. The van der Waals surface area contributed by atoms with Crippen LogP contribution in [0.1, 0.15) is 85.6 Å². The molecule has 208 valence electrons. The van der Waals surface area contributed by atoms with Crippen LogP contribution in [-0.2, 0) is 0 Å². The molecule has 6 atom stereocenters. The van der Waals surface area contributed by atoms with Crippen LogP contribution in [-0.4, -0.2) is 23.8 Å². The Kier molecular flexibility index (Phi) is 10.4. The van der Waals surface area contributed by atoms with Crippen LogP contribution >= 0.6 is 15.9 Å². The van der Waals surface area contributed by atoms with Gasteiger partial charge in [-0.3, -0.25) is 4.99 Å². The zero-order chi connectivity index (χ0) is 27.2. The summed E-state index contributed by atoms with van der Waals surface area (Å²) in [5, 5.41) is 0. The van der Waals surface area contributed by atoms with Gasteiger partial charge in [-0.1, -0.05) is 72.6 Å². The van der Waals surface area contributed by atoms with Crippen LogP contribution in [0.3, 0.4) is 0 Å². The summed E-state index contributed by atoms with van der Waals surface area (Å²) in [6.07, 6.45) is 10.1. The molecule has 2 aliphatic carbocycles. The molecule has 2 fully saturated rings. The second-order valence-electron chi connectivity index (χ2n) is 12.8. The average molecular weight is 582 g/mol. The average Bonchev–Trinajstić information content (AvgIpc) is 2.89. The van der Waals surface area contributed by atoms with Gasteiger partial charge in [-0.2, -0.15) is 0 Å². The number of nitrogens with zero attached hydrogens (tertiary/aromatic N) is 2. The number of alkyl halides is 1. The smallest absolute Gasteiger partial charge is 0.143 e. The quantitative estimate of drug-likeness (QED) is 0.217. The van der Waals surface area contributed by atoms with Crippen LogP contribution in [0.15, 0.2) is 53.5 Å². The van der Waals surface area contributed by atoms with E-state index < -0.39 is 0 Å². The maximum absolute atomic E-state index is 5.56. The van der Waals surface area contributed by atoms with E-state index >= 15 is 0 Å². The lowest BCUT2D eigenvalue weighted by atomic mass is 9.69. The molecule has 6 unspecified atom stereocenters. The molecule has 2 aliphatic rings. The summed E-state index contributed by atoms with van der Waals surface area (Å²) in [6, 6.07) is 18.4. The highest BCUT2D eigenvalue weighted by Gasteiger charge is 2.42. The Morgan fingerprint density at radius 3 is 1.97 bits per heavy atom. The fourth-order valence-electron chi connectivity index (χ4n) is 7.17. The van der Waals surface area contributed by atoms with Gasteiger partial charge in [0.05, 0.1) is 5.69 Å². The molecule has 0 amide bonds. The number of hydrogen-bond donors (Lipinski definition) is 0. The second kappa shape index (κ2) is 13.5. The lowest BCUT2D eigenvalue weighted by Crippen LogP contribution is -2.55. The summed E-state index contributed by atoms with van der Waals surface area (Å²) in [4.78, 5) is 7.66. The normalized spacial score (nSPS) is 28.2. The van der Waals surface area contributed by atoms with E-state index in [1.807, 2.05) is 30.5 Å². The first-order valence-corrected chi connectivity index (χ1v) is 16.1. The predicted molar refractivity (Wildman–Crippen MR) is 167 cm³/mol. The molecule has 2 saturated carbocycles.